The lowest BCUT2D eigenvalue weighted by Crippen LogP contribution is -2.09. The molecule has 0 saturated heterocycles. The molecule has 0 spiro atoms. The Hall–Kier alpha value is -5.16. The van der Waals surface area contributed by atoms with Crippen LogP contribution in [-0.4, -0.2) is 9.97 Å². The second-order valence-corrected chi connectivity index (χ2v) is 8.79. The van der Waals surface area contributed by atoms with Crippen LogP contribution < -0.4 is 4.90 Å². The van der Waals surface area contributed by atoms with Gasteiger partial charge in [0.1, 0.15) is 11.0 Å². The van der Waals surface area contributed by atoms with E-state index in [1.165, 1.54) is 17.5 Å². The van der Waals surface area contributed by atoms with Gasteiger partial charge in [0.2, 0.25) is 5.89 Å². The molecule has 2 aromatic heterocycles. The van der Waals surface area contributed by atoms with Crippen molar-refractivity contribution < 1.29 is 8.83 Å². The molecule has 5 heteroatoms. The maximum atomic E-state index is 5.97. The number of para-hydroxylation sites is 2. The number of hydrogen-bond acceptors (Lipinski definition) is 5. The van der Waals surface area contributed by atoms with Gasteiger partial charge in [-0.25, -0.2) is 9.97 Å². The predicted octanol–water partition coefficient (Wildman–Crippen LogP) is 8.77. The van der Waals surface area contributed by atoms with E-state index in [2.05, 4.69) is 75.5 Å². The second kappa shape index (κ2) is 8.81. The summed E-state index contributed by atoms with van der Waals surface area (Å²) in [6.07, 6.45) is 1.47. The van der Waals surface area contributed by atoms with E-state index in [4.69, 9.17) is 8.83 Å². The van der Waals surface area contributed by atoms with Crippen LogP contribution in [-0.2, 0) is 0 Å². The molecule has 0 aliphatic heterocycles. The molecule has 7 aromatic rings. The van der Waals surface area contributed by atoms with Crippen molar-refractivity contribution in [2.75, 3.05) is 4.90 Å². The number of hydrogen-bond donors (Lipinski definition) is 0. The Morgan fingerprint density at radius 3 is 1.92 bits per heavy atom. The van der Waals surface area contributed by atoms with Crippen molar-refractivity contribution in [2.45, 2.75) is 0 Å². The molecule has 0 amide bonds. The molecule has 0 fully saturated rings. The Balaban J connectivity index is 1.30. The quantitative estimate of drug-likeness (QED) is 0.247. The molecule has 5 aromatic carbocycles. The van der Waals surface area contributed by atoms with E-state index in [-0.39, 0.29) is 0 Å². The molecule has 176 valence electrons. The first-order valence-corrected chi connectivity index (χ1v) is 12.1. The van der Waals surface area contributed by atoms with Crippen LogP contribution in [0.3, 0.4) is 0 Å². The third-order valence-corrected chi connectivity index (χ3v) is 6.47. The topological polar surface area (TPSA) is 55.3 Å². The fraction of sp³-hybridized carbons (Fsp3) is 0. The molecule has 0 N–H and O–H groups in total. The first-order chi connectivity index (χ1) is 18.3. The highest BCUT2D eigenvalue weighted by Gasteiger charge is 2.16. The molecule has 7 rings (SSSR count). The van der Waals surface area contributed by atoms with E-state index < -0.39 is 0 Å². The van der Waals surface area contributed by atoms with Gasteiger partial charge in [-0.15, -0.1) is 0 Å². The molecule has 37 heavy (non-hydrogen) atoms. The number of fused-ring (bicyclic) bond motifs is 2. The number of aromatic nitrogens is 2. The molecule has 0 radical (unpaired) electrons. The SMILES string of the molecule is c1ccc(-c2ccc(N(c3ccc(-c4nc5ccccc5o4)cc3)c3ccc4ocnc4c3)cc2)cc1. The van der Waals surface area contributed by atoms with Crippen LogP contribution in [0.2, 0.25) is 0 Å². The zero-order chi connectivity index (χ0) is 24.6. The summed E-state index contributed by atoms with van der Waals surface area (Å²) in [6.45, 7) is 0. The zero-order valence-corrected chi connectivity index (χ0v) is 19.8. The Labute approximate surface area is 213 Å². The van der Waals surface area contributed by atoms with Gasteiger partial charge >= 0.3 is 0 Å². The molecule has 5 nitrogen and oxygen atoms in total. The molecular formula is C32H21N3O2. The van der Waals surface area contributed by atoms with E-state index in [1.54, 1.807) is 0 Å². The van der Waals surface area contributed by atoms with Gasteiger partial charge in [0.15, 0.2) is 17.6 Å². The van der Waals surface area contributed by atoms with Gasteiger partial charge in [0.25, 0.3) is 0 Å². The van der Waals surface area contributed by atoms with Crippen LogP contribution in [0.1, 0.15) is 0 Å². The maximum absolute atomic E-state index is 5.97. The average molecular weight is 480 g/mol. The summed E-state index contributed by atoms with van der Waals surface area (Å²) < 4.78 is 11.4. The Kier molecular flexibility index (Phi) is 5.03. The van der Waals surface area contributed by atoms with Gasteiger partial charge in [0.05, 0.1) is 0 Å². The molecule has 0 aliphatic rings. The molecule has 0 unspecified atom stereocenters. The minimum Gasteiger partial charge on any atom is -0.443 e. The highest BCUT2D eigenvalue weighted by molar-refractivity contribution is 5.85. The minimum absolute atomic E-state index is 0.607. The molecule has 0 bridgehead atoms. The first kappa shape index (κ1) is 21.1. The average Bonchev–Trinajstić information content (AvgIpc) is 3.61. The van der Waals surface area contributed by atoms with Crippen LogP contribution in [0, 0.1) is 0 Å². The first-order valence-electron chi connectivity index (χ1n) is 12.1. The van der Waals surface area contributed by atoms with Crippen LogP contribution in [0.5, 0.6) is 0 Å². The van der Waals surface area contributed by atoms with Crippen molar-refractivity contribution in [3.05, 3.63) is 128 Å². The number of oxazole rings is 2. The number of anilines is 3. The van der Waals surface area contributed by atoms with Crippen LogP contribution >= 0.6 is 0 Å². The minimum atomic E-state index is 0.607. The van der Waals surface area contributed by atoms with Crippen molar-refractivity contribution in [2.24, 2.45) is 0 Å². The largest absolute Gasteiger partial charge is 0.443 e. The third-order valence-electron chi connectivity index (χ3n) is 6.47. The Morgan fingerprint density at radius 1 is 0.514 bits per heavy atom. The lowest BCUT2D eigenvalue weighted by molar-refractivity contribution is 0.602. The number of rotatable bonds is 5. The van der Waals surface area contributed by atoms with Crippen molar-refractivity contribution in [3.63, 3.8) is 0 Å². The smallest absolute Gasteiger partial charge is 0.227 e. The number of nitrogens with zero attached hydrogens (tertiary/aromatic N) is 3. The van der Waals surface area contributed by atoms with E-state index >= 15 is 0 Å². The lowest BCUT2D eigenvalue weighted by atomic mass is 10.0. The van der Waals surface area contributed by atoms with Crippen molar-refractivity contribution in [1.82, 2.24) is 9.97 Å². The van der Waals surface area contributed by atoms with Gasteiger partial charge in [-0.2, -0.15) is 0 Å². The summed E-state index contributed by atoms with van der Waals surface area (Å²) in [5.41, 5.74) is 9.52. The summed E-state index contributed by atoms with van der Waals surface area (Å²) >= 11 is 0. The lowest BCUT2D eigenvalue weighted by Gasteiger charge is -2.25. The summed E-state index contributed by atoms with van der Waals surface area (Å²) in [5, 5.41) is 0. The molecule has 0 saturated carbocycles. The standard InChI is InChI=1S/C32H21N3O2/c1-2-6-22(7-3-1)23-10-14-25(15-11-23)35(27-18-19-30-29(20-27)33-21-36-30)26-16-12-24(13-17-26)32-34-28-8-4-5-9-31(28)37-32/h1-21H. The van der Waals surface area contributed by atoms with E-state index in [9.17, 15) is 0 Å². The number of benzene rings is 5. The Morgan fingerprint density at radius 2 is 1.16 bits per heavy atom. The molecular weight excluding hydrogens is 458 g/mol. The normalized spacial score (nSPS) is 11.2. The van der Waals surface area contributed by atoms with Gasteiger partial charge in [-0.1, -0.05) is 54.6 Å². The zero-order valence-electron chi connectivity index (χ0n) is 19.8. The fourth-order valence-corrected chi connectivity index (χ4v) is 4.61. The Bertz CT molecular complexity index is 1790. The summed E-state index contributed by atoms with van der Waals surface area (Å²) in [7, 11) is 0. The predicted molar refractivity (Wildman–Crippen MR) is 147 cm³/mol. The van der Waals surface area contributed by atoms with Crippen molar-refractivity contribution in [3.8, 4) is 22.6 Å². The maximum Gasteiger partial charge on any atom is 0.227 e. The van der Waals surface area contributed by atoms with Crippen LogP contribution in [0.4, 0.5) is 17.1 Å². The molecule has 0 atom stereocenters. The van der Waals surface area contributed by atoms with E-state index in [0.29, 0.717) is 5.89 Å². The molecule has 0 aliphatic carbocycles. The monoisotopic (exact) mass is 479 g/mol. The summed E-state index contributed by atoms with van der Waals surface area (Å²) in [4.78, 5) is 11.2. The van der Waals surface area contributed by atoms with Gasteiger partial charge in [-0.05, 0) is 77.9 Å². The highest BCUT2D eigenvalue weighted by atomic mass is 16.3. The highest BCUT2D eigenvalue weighted by Crippen LogP contribution is 2.38. The third kappa shape index (κ3) is 3.93. The summed E-state index contributed by atoms with van der Waals surface area (Å²) in [6, 6.07) is 41.1. The van der Waals surface area contributed by atoms with Crippen molar-refractivity contribution in [1.29, 1.82) is 0 Å². The fourth-order valence-electron chi connectivity index (χ4n) is 4.61. The van der Waals surface area contributed by atoms with E-state index in [1.807, 2.05) is 60.7 Å². The van der Waals surface area contributed by atoms with Gasteiger partial charge in [0, 0.05) is 22.6 Å². The molecule has 2 heterocycles. The summed E-state index contributed by atoms with van der Waals surface area (Å²) in [5.74, 6) is 0.607. The second-order valence-electron chi connectivity index (χ2n) is 8.79. The van der Waals surface area contributed by atoms with Crippen molar-refractivity contribution >= 4 is 39.3 Å². The van der Waals surface area contributed by atoms with Gasteiger partial charge < -0.3 is 13.7 Å². The van der Waals surface area contributed by atoms with Crippen LogP contribution in [0.25, 0.3) is 44.8 Å². The van der Waals surface area contributed by atoms with Gasteiger partial charge in [-0.3, -0.25) is 0 Å². The van der Waals surface area contributed by atoms with Crippen LogP contribution in [0.15, 0.2) is 137 Å². The van der Waals surface area contributed by atoms with E-state index in [0.717, 1.165) is 44.8 Å².